The first-order chi connectivity index (χ1) is 30.0. The molecule has 0 N–H and O–H groups in total. The van der Waals surface area contributed by atoms with Gasteiger partial charge in [-0.25, -0.2) is 0 Å². The van der Waals surface area contributed by atoms with Crippen LogP contribution in [0.5, 0.6) is 0 Å². The minimum atomic E-state index is -0.0652. The van der Waals surface area contributed by atoms with E-state index in [1.54, 1.807) is 0 Å². The van der Waals surface area contributed by atoms with Crippen LogP contribution in [0.25, 0.3) is 110 Å². The largest absolute Gasteiger partial charge is 0.456 e. The molecule has 0 spiro atoms. The second-order valence-corrected chi connectivity index (χ2v) is 20.2. The molecule has 0 aliphatic carbocycles. The van der Waals surface area contributed by atoms with Gasteiger partial charge in [-0.2, -0.15) is 0 Å². The van der Waals surface area contributed by atoms with Gasteiger partial charge in [-0.1, -0.05) is 90.1 Å². The van der Waals surface area contributed by atoms with Gasteiger partial charge in [0.1, 0.15) is 33.6 Å². The zero-order chi connectivity index (χ0) is 41.5. The van der Waals surface area contributed by atoms with Crippen molar-refractivity contribution in [2.45, 2.75) is 59.3 Å². The van der Waals surface area contributed by atoms with Crippen LogP contribution in [0.15, 0.2) is 130 Å². The highest BCUT2D eigenvalue weighted by molar-refractivity contribution is 7.02. The first-order valence-corrected chi connectivity index (χ1v) is 22.0. The van der Waals surface area contributed by atoms with Crippen molar-refractivity contribution in [1.29, 1.82) is 0 Å². The minimum Gasteiger partial charge on any atom is -0.456 e. The van der Waals surface area contributed by atoms with Gasteiger partial charge in [0.25, 0.3) is 6.71 Å². The van der Waals surface area contributed by atoms with Crippen molar-refractivity contribution in [3.05, 3.63) is 138 Å². The molecular formula is C55H41BN4O2. The van der Waals surface area contributed by atoms with E-state index in [0.717, 1.165) is 33.1 Å². The van der Waals surface area contributed by atoms with Gasteiger partial charge >= 0.3 is 0 Å². The van der Waals surface area contributed by atoms with Gasteiger partial charge in [-0.05, 0) is 134 Å². The molecular weight excluding hydrogens is 759 g/mol. The van der Waals surface area contributed by atoms with Crippen LogP contribution >= 0.6 is 0 Å². The van der Waals surface area contributed by atoms with Crippen LogP contribution in [-0.2, 0) is 10.8 Å². The van der Waals surface area contributed by atoms with Gasteiger partial charge in [-0.15, -0.1) is 0 Å². The average molecular weight is 801 g/mol. The number of imidazole rings is 2. The second-order valence-electron chi connectivity index (χ2n) is 20.2. The van der Waals surface area contributed by atoms with E-state index in [-0.39, 0.29) is 17.5 Å². The van der Waals surface area contributed by atoms with Crippen molar-refractivity contribution in [2.75, 3.05) is 0 Å². The van der Waals surface area contributed by atoms with Crippen LogP contribution in [0.3, 0.4) is 0 Å². The molecule has 7 heteroatoms. The second kappa shape index (κ2) is 10.5. The van der Waals surface area contributed by atoms with Crippen LogP contribution in [0.4, 0.5) is 0 Å². The Bertz CT molecular complexity index is 3990. The van der Waals surface area contributed by atoms with Crippen LogP contribution in [0.2, 0.25) is 0 Å². The summed E-state index contributed by atoms with van der Waals surface area (Å²) >= 11 is 0. The molecule has 62 heavy (non-hydrogen) atoms. The molecule has 7 aromatic carbocycles. The van der Waals surface area contributed by atoms with E-state index in [1.165, 1.54) is 110 Å². The molecule has 296 valence electrons. The predicted molar refractivity (Wildman–Crippen MR) is 258 cm³/mol. The number of nitrogens with zero attached hydrogens (tertiary/aromatic N) is 4. The van der Waals surface area contributed by atoms with Gasteiger partial charge < -0.3 is 8.83 Å². The molecule has 0 amide bonds. The molecule has 0 fully saturated rings. The standard InChI is InChI=1S/C55H41BN4O2/c1-28-24-39-49-40(25-28)58-36-21-17-30(55(5,6)7)27-38(36)60-51-34(19-23-44-46(51)32-13-9-11-15-42(32)62-44)48(53(58)60)56(49)47-33-18-22-43-45(31-12-8-10-14-41(31)61-43)50(33)59-37-26-29(54(2,3)4)16-20-35(37)57(39)52(47)59/h8-27H,1-7H3. The lowest BCUT2D eigenvalue weighted by molar-refractivity contribution is 0.590. The Hall–Kier alpha value is -7.12. The summed E-state index contributed by atoms with van der Waals surface area (Å²) in [5, 5.41) is 7.15. The quantitative estimate of drug-likeness (QED) is 0.143. The third-order valence-electron chi connectivity index (χ3n) is 14.7. The first-order valence-electron chi connectivity index (χ1n) is 22.0. The highest BCUT2D eigenvalue weighted by Crippen LogP contribution is 2.45. The van der Waals surface area contributed by atoms with Crippen LogP contribution in [-0.4, -0.2) is 24.6 Å². The SMILES string of the molecule is Cc1cc2c3c(c1)-n1c4ccc(C(C)(C)C)cc4n4c5c(ccc6oc7ccccc7c65)c(c14)B3c1c3ccc4oc5ccccc5c4c3n3c4cc(C(C)(C)C)ccc4n-2c13. The monoisotopic (exact) mass is 800 g/mol. The molecule has 0 saturated carbocycles. The van der Waals surface area contributed by atoms with E-state index in [4.69, 9.17) is 8.83 Å². The van der Waals surface area contributed by atoms with E-state index in [2.05, 4.69) is 188 Å². The average Bonchev–Trinajstić information content (AvgIpc) is 4.08. The van der Waals surface area contributed by atoms with Crippen LogP contribution in [0.1, 0.15) is 58.2 Å². The fourth-order valence-electron chi connectivity index (χ4n) is 12.0. The fraction of sp³-hybridized carbons (Fsp3) is 0.164. The Balaban J connectivity index is 1.23. The number of aromatic nitrogens is 4. The maximum Gasteiger partial charge on any atom is 0.258 e. The van der Waals surface area contributed by atoms with Crippen molar-refractivity contribution in [3.63, 3.8) is 0 Å². The third-order valence-corrected chi connectivity index (χ3v) is 14.7. The maximum atomic E-state index is 6.66. The highest BCUT2D eigenvalue weighted by atomic mass is 16.3. The smallest absolute Gasteiger partial charge is 0.258 e. The van der Waals surface area contributed by atoms with Crippen LogP contribution < -0.4 is 16.4 Å². The summed E-state index contributed by atoms with van der Waals surface area (Å²) in [4.78, 5) is 0. The zero-order valence-electron chi connectivity index (χ0n) is 35.7. The summed E-state index contributed by atoms with van der Waals surface area (Å²) in [5.41, 5.74) is 23.7. The van der Waals surface area contributed by atoms with Crippen LogP contribution in [0, 0.1) is 6.92 Å². The Labute approximate surface area is 356 Å². The van der Waals surface area contributed by atoms with E-state index >= 15 is 0 Å². The number of hydrogen-bond acceptors (Lipinski definition) is 2. The first kappa shape index (κ1) is 33.6. The topological polar surface area (TPSA) is 45.0 Å². The lowest BCUT2D eigenvalue weighted by atomic mass is 9.34. The predicted octanol–water partition coefficient (Wildman–Crippen LogP) is 12.2. The lowest BCUT2D eigenvalue weighted by Crippen LogP contribution is -2.59. The fourth-order valence-corrected chi connectivity index (χ4v) is 12.0. The zero-order valence-corrected chi connectivity index (χ0v) is 35.7. The molecule has 6 aromatic heterocycles. The molecule has 0 radical (unpaired) electrons. The molecule has 15 rings (SSSR count). The normalized spacial score (nSPS) is 14.0. The molecule has 0 saturated heterocycles. The van der Waals surface area contributed by atoms with Crippen molar-refractivity contribution >= 4 is 122 Å². The number of rotatable bonds is 0. The van der Waals surface area contributed by atoms with Crippen molar-refractivity contribution in [3.8, 4) is 11.4 Å². The molecule has 0 atom stereocenters. The summed E-state index contributed by atoms with van der Waals surface area (Å²) in [6, 6.07) is 45.5. The molecule has 2 aliphatic heterocycles. The maximum absolute atomic E-state index is 6.66. The Morgan fingerprint density at radius 3 is 1.34 bits per heavy atom. The van der Waals surface area contributed by atoms with E-state index in [0.29, 0.717) is 0 Å². The summed E-state index contributed by atoms with van der Waals surface area (Å²) in [6.07, 6.45) is 0. The molecule has 13 aromatic rings. The summed E-state index contributed by atoms with van der Waals surface area (Å²) in [7, 11) is 0. The highest BCUT2D eigenvalue weighted by Gasteiger charge is 2.46. The van der Waals surface area contributed by atoms with E-state index < -0.39 is 0 Å². The number of hydrogen-bond donors (Lipinski definition) is 0. The Kier molecular flexibility index (Phi) is 5.68. The molecule has 8 heterocycles. The number of furan rings is 2. The molecule has 0 bridgehead atoms. The van der Waals surface area contributed by atoms with E-state index in [1.807, 2.05) is 0 Å². The van der Waals surface area contributed by atoms with Gasteiger partial charge in [0, 0.05) is 22.1 Å². The number of benzene rings is 7. The molecule has 2 aliphatic rings. The van der Waals surface area contributed by atoms with Gasteiger partial charge in [0.2, 0.25) is 0 Å². The van der Waals surface area contributed by atoms with Gasteiger partial charge in [0.15, 0.2) is 0 Å². The van der Waals surface area contributed by atoms with Gasteiger partial charge in [-0.3, -0.25) is 17.9 Å². The number of aryl methyl sites for hydroxylation is 1. The van der Waals surface area contributed by atoms with Crippen molar-refractivity contribution in [2.24, 2.45) is 0 Å². The summed E-state index contributed by atoms with van der Waals surface area (Å²) in [5.74, 6) is 0. The number of para-hydroxylation sites is 2. The third kappa shape index (κ3) is 3.75. The van der Waals surface area contributed by atoms with Gasteiger partial charge in [0.05, 0.1) is 43.9 Å². The minimum absolute atomic E-state index is 0.0313. The van der Waals surface area contributed by atoms with Crippen molar-refractivity contribution < 1.29 is 8.83 Å². The molecule has 0 unspecified atom stereocenters. The summed E-state index contributed by atoms with van der Waals surface area (Å²) in [6.45, 7) is 16.1. The number of fused-ring (bicyclic) bond motifs is 24. The lowest BCUT2D eigenvalue weighted by Gasteiger charge is -2.32. The van der Waals surface area contributed by atoms with Crippen molar-refractivity contribution in [1.82, 2.24) is 17.9 Å². The Morgan fingerprint density at radius 2 is 0.887 bits per heavy atom. The van der Waals surface area contributed by atoms with E-state index in [9.17, 15) is 0 Å². The Morgan fingerprint density at radius 1 is 0.435 bits per heavy atom. The molecule has 6 nitrogen and oxygen atoms in total. The summed E-state index contributed by atoms with van der Waals surface area (Å²) < 4.78 is 23.7.